The van der Waals surface area contributed by atoms with Crippen LogP contribution in [0.25, 0.3) is 11.5 Å². The van der Waals surface area contributed by atoms with E-state index in [2.05, 4.69) is 20.8 Å². The molecule has 1 aliphatic carbocycles. The smallest absolute Gasteiger partial charge is 0.388 e. The van der Waals surface area contributed by atoms with Gasteiger partial charge in [-0.1, -0.05) is 0 Å². The van der Waals surface area contributed by atoms with Crippen molar-refractivity contribution in [2.75, 3.05) is 18.4 Å². The van der Waals surface area contributed by atoms with Gasteiger partial charge in [-0.05, 0) is 49.3 Å². The third kappa shape index (κ3) is 3.00. The number of halogens is 3. The summed E-state index contributed by atoms with van der Waals surface area (Å²) in [7, 11) is 0. The second-order valence-corrected chi connectivity index (χ2v) is 7.38. The predicted molar refractivity (Wildman–Crippen MR) is 88.7 cm³/mol. The monoisotopic (exact) mass is 368 g/mol. The highest BCUT2D eigenvalue weighted by molar-refractivity contribution is 5.65. The van der Waals surface area contributed by atoms with Crippen molar-refractivity contribution in [3.05, 3.63) is 34.3 Å². The Morgan fingerprint density at radius 3 is 2.62 bits per heavy atom. The molecule has 2 aromatic rings. The van der Waals surface area contributed by atoms with Gasteiger partial charge in [0.15, 0.2) is 0 Å². The van der Waals surface area contributed by atoms with Gasteiger partial charge < -0.3 is 15.1 Å². The second kappa shape index (κ2) is 5.87. The van der Waals surface area contributed by atoms with Crippen LogP contribution in [0.5, 0.6) is 0 Å². The Labute approximate surface area is 147 Å². The fraction of sp³-hybridized carbons (Fsp3) is 0.529. The molecular weight excluding hydrogens is 349 g/mol. The second-order valence-electron chi connectivity index (χ2n) is 7.38. The molecule has 1 spiro atoms. The Hall–Kier alpha value is -2.29. The maximum Gasteiger partial charge on any atom is 0.434 e. The number of benzene rings is 1. The van der Waals surface area contributed by atoms with Crippen molar-refractivity contribution >= 4 is 5.69 Å². The fourth-order valence-corrected chi connectivity index (χ4v) is 3.93. The minimum atomic E-state index is -4.48. The maximum absolute atomic E-state index is 13.4. The van der Waals surface area contributed by atoms with Crippen molar-refractivity contribution in [1.82, 2.24) is 15.5 Å². The first kappa shape index (κ1) is 17.1. The summed E-state index contributed by atoms with van der Waals surface area (Å²) in [6.07, 6.45) is -2.45. The van der Waals surface area contributed by atoms with Crippen molar-refractivity contribution in [2.45, 2.75) is 32.0 Å². The molecule has 1 aromatic heterocycles. The molecule has 1 atom stereocenters. The van der Waals surface area contributed by atoms with Crippen molar-refractivity contribution in [3.8, 4) is 11.5 Å². The van der Waals surface area contributed by atoms with E-state index in [0.29, 0.717) is 16.9 Å². The number of aromatic nitrogens is 2. The summed E-state index contributed by atoms with van der Waals surface area (Å²) in [4.78, 5) is 11.1. The van der Waals surface area contributed by atoms with E-state index in [0.717, 1.165) is 32.0 Å². The molecule has 0 amide bonds. The van der Waals surface area contributed by atoms with Gasteiger partial charge in [-0.25, -0.2) is 9.89 Å². The van der Waals surface area contributed by atoms with Gasteiger partial charge in [0.25, 0.3) is 0 Å². The molecule has 26 heavy (non-hydrogen) atoms. The molecule has 1 saturated heterocycles. The summed E-state index contributed by atoms with van der Waals surface area (Å²) >= 11 is 0. The van der Waals surface area contributed by atoms with Gasteiger partial charge in [0.05, 0.1) is 5.56 Å². The number of alkyl halides is 3. The van der Waals surface area contributed by atoms with E-state index in [1.165, 1.54) is 12.1 Å². The van der Waals surface area contributed by atoms with Crippen LogP contribution in [0, 0.1) is 11.3 Å². The largest absolute Gasteiger partial charge is 0.434 e. The summed E-state index contributed by atoms with van der Waals surface area (Å²) < 4.78 is 45.0. The molecule has 1 saturated carbocycles. The molecule has 1 aliphatic heterocycles. The number of nitrogens with zero attached hydrogens (tertiary/aromatic N) is 1. The van der Waals surface area contributed by atoms with Crippen LogP contribution in [0.1, 0.15) is 25.3 Å². The van der Waals surface area contributed by atoms with Crippen LogP contribution in [-0.4, -0.2) is 29.3 Å². The first-order chi connectivity index (χ1) is 12.3. The van der Waals surface area contributed by atoms with Crippen LogP contribution >= 0.6 is 0 Å². The average Bonchev–Trinajstić information content (AvgIpc) is 2.89. The molecular formula is C17H19F3N4O2. The first-order valence-corrected chi connectivity index (χ1v) is 8.50. The van der Waals surface area contributed by atoms with Crippen LogP contribution in [0.3, 0.4) is 0 Å². The van der Waals surface area contributed by atoms with Crippen molar-refractivity contribution in [3.63, 3.8) is 0 Å². The van der Waals surface area contributed by atoms with Gasteiger partial charge in [0.2, 0.25) is 5.89 Å². The summed E-state index contributed by atoms with van der Waals surface area (Å²) in [6, 6.07) is 3.47. The predicted octanol–water partition coefficient (Wildman–Crippen LogP) is 2.85. The Bertz CT molecular complexity index is 861. The fourth-order valence-electron chi connectivity index (χ4n) is 3.93. The van der Waals surface area contributed by atoms with E-state index < -0.39 is 17.5 Å². The zero-order chi connectivity index (χ0) is 18.5. The van der Waals surface area contributed by atoms with E-state index in [1.807, 2.05) is 6.92 Å². The molecule has 140 valence electrons. The highest BCUT2D eigenvalue weighted by atomic mass is 19.4. The zero-order valence-corrected chi connectivity index (χ0v) is 14.1. The van der Waals surface area contributed by atoms with Crippen molar-refractivity contribution in [1.29, 1.82) is 0 Å². The Morgan fingerprint density at radius 2 is 2.08 bits per heavy atom. The van der Waals surface area contributed by atoms with Crippen LogP contribution < -0.4 is 16.4 Å². The number of hydrogen-bond donors (Lipinski definition) is 3. The summed E-state index contributed by atoms with van der Waals surface area (Å²) in [6.45, 7) is 3.90. The quantitative estimate of drug-likeness (QED) is 0.773. The number of anilines is 1. The minimum absolute atomic E-state index is 0.0270. The lowest BCUT2D eigenvalue weighted by molar-refractivity contribution is -0.137. The average molecular weight is 368 g/mol. The lowest BCUT2D eigenvalue weighted by atomic mass is 9.57. The third-order valence-corrected chi connectivity index (χ3v) is 5.49. The molecule has 0 radical (unpaired) electrons. The molecule has 2 aliphatic rings. The molecule has 1 unspecified atom stereocenters. The van der Waals surface area contributed by atoms with Gasteiger partial charge in [-0.2, -0.15) is 13.2 Å². The minimum Gasteiger partial charge on any atom is -0.388 e. The van der Waals surface area contributed by atoms with Crippen molar-refractivity contribution < 1.29 is 17.6 Å². The highest BCUT2D eigenvalue weighted by Gasteiger charge is 2.50. The molecule has 9 heteroatoms. The summed E-state index contributed by atoms with van der Waals surface area (Å²) in [5.41, 5.74) is -0.112. The third-order valence-electron chi connectivity index (χ3n) is 5.49. The topological polar surface area (TPSA) is 83.0 Å². The number of aromatic amines is 1. The number of nitrogens with one attached hydrogen (secondary N) is 3. The lowest BCUT2D eigenvalue weighted by Crippen LogP contribution is -2.62. The van der Waals surface area contributed by atoms with E-state index in [9.17, 15) is 18.0 Å². The molecule has 4 rings (SSSR count). The van der Waals surface area contributed by atoms with Crippen LogP contribution in [0.4, 0.5) is 18.9 Å². The normalized spacial score (nSPS) is 20.5. The highest BCUT2D eigenvalue weighted by Crippen LogP contribution is 2.50. The van der Waals surface area contributed by atoms with E-state index in [4.69, 9.17) is 4.42 Å². The van der Waals surface area contributed by atoms with Crippen LogP contribution in [0.2, 0.25) is 0 Å². The van der Waals surface area contributed by atoms with Crippen molar-refractivity contribution in [2.24, 2.45) is 11.3 Å². The van der Waals surface area contributed by atoms with Gasteiger partial charge in [0.1, 0.15) is 0 Å². The number of rotatable bonds is 4. The molecule has 2 heterocycles. The number of H-pyrrole nitrogens is 1. The SMILES string of the molecule is CC(Nc1cc(-c2n[nH]c(=O)o2)ccc1C(F)(F)F)C1CC2(CNC2)C1. The van der Waals surface area contributed by atoms with Crippen LogP contribution in [0.15, 0.2) is 27.4 Å². The first-order valence-electron chi connectivity index (χ1n) is 8.50. The lowest BCUT2D eigenvalue weighted by Gasteiger charge is -2.56. The molecule has 0 bridgehead atoms. The maximum atomic E-state index is 13.4. The zero-order valence-electron chi connectivity index (χ0n) is 14.1. The Morgan fingerprint density at radius 1 is 1.35 bits per heavy atom. The van der Waals surface area contributed by atoms with Gasteiger partial charge >= 0.3 is 11.9 Å². The van der Waals surface area contributed by atoms with E-state index in [1.54, 1.807) is 0 Å². The van der Waals surface area contributed by atoms with Gasteiger partial charge in [-0.3, -0.25) is 0 Å². The molecule has 6 nitrogen and oxygen atoms in total. The number of hydrogen-bond acceptors (Lipinski definition) is 5. The molecule has 3 N–H and O–H groups in total. The van der Waals surface area contributed by atoms with E-state index in [-0.39, 0.29) is 17.6 Å². The molecule has 1 aromatic carbocycles. The Kier molecular flexibility index (Phi) is 3.87. The van der Waals surface area contributed by atoms with Crippen LogP contribution in [-0.2, 0) is 6.18 Å². The Balaban J connectivity index is 1.58. The molecule has 2 fully saturated rings. The summed E-state index contributed by atoms with van der Waals surface area (Å²) in [5.74, 6) is -0.454. The van der Waals surface area contributed by atoms with Gasteiger partial charge in [-0.15, -0.1) is 5.10 Å². The van der Waals surface area contributed by atoms with Gasteiger partial charge in [0, 0.05) is 30.4 Å². The standard InChI is InChI=1S/C17H19F3N4O2/c1-9(11-5-16(6-11)7-21-8-16)22-13-4-10(14-23-24-15(25)26-14)2-3-12(13)17(18,19)20/h2-4,9,11,21-22H,5-8H2,1H3,(H,24,25). The summed E-state index contributed by atoms with van der Waals surface area (Å²) in [5, 5.41) is 12.1. The van der Waals surface area contributed by atoms with E-state index >= 15 is 0 Å².